The number of hydrogen-bond acceptors (Lipinski definition) is 3. The second-order valence-corrected chi connectivity index (χ2v) is 5.11. The highest BCUT2D eigenvalue weighted by Crippen LogP contribution is 2.22. The van der Waals surface area contributed by atoms with E-state index in [0.717, 1.165) is 23.3 Å². The van der Waals surface area contributed by atoms with Crippen LogP contribution in [0.25, 0.3) is 17.0 Å². The predicted molar refractivity (Wildman–Crippen MR) is 77.9 cm³/mol. The fourth-order valence-corrected chi connectivity index (χ4v) is 2.19. The van der Waals surface area contributed by atoms with Gasteiger partial charge < -0.3 is 0 Å². The second kappa shape index (κ2) is 4.89. The standard InChI is InChI=1S/C16H15N3O/c1-11(2)13-4-6-14(7-5-13)16-18-17-15-8-3-12(10-20)9-19(15)16/h3-11H,1-2H3. The van der Waals surface area contributed by atoms with Crippen LogP contribution in [0.1, 0.15) is 35.7 Å². The quantitative estimate of drug-likeness (QED) is 0.682. The van der Waals surface area contributed by atoms with Gasteiger partial charge in [0.2, 0.25) is 0 Å². The number of carbonyl (C=O) groups excluding carboxylic acids is 1. The first-order valence-electron chi connectivity index (χ1n) is 6.59. The molecule has 0 bridgehead atoms. The molecule has 0 saturated carbocycles. The van der Waals surface area contributed by atoms with E-state index in [-0.39, 0.29) is 0 Å². The van der Waals surface area contributed by atoms with Crippen molar-refractivity contribution in [1.82, 2.24) is 14.6 Å². The molecule has 3 rings (SSSR count). The molecule has 0 fully saturated rings. The molecule has 0 unspecified atom stereocenters. The number of benzene rings is 1. The highest BCUT2D eigenvalue weighted by Gasteiger charge is 2.09. The average Bonchev–Trinajstić information content (AvgIpc) is 2.90. The Hall–Kier alpha value is -2.49. The first-order valence-corrected chi connectivity index (χ1v) is 6.59. The number of carbonyl (C=O) groups is 1. The van der Waals surface area contributed by atoms with Crippen LogP contribution in [0.15, 0.2) is 42.6 Å². The maximum Gasteiger partial charge on any atom is 0.168 e. The van der Waals surface area contributed by atoms with E-state index in [1.165, 1.54) is 5.56 Å². The zero-order chi connectivity index (χ0) is 14.1. The number of aromatic nitrogens is 3. The molecule has 0 amide bonds. The van der Waals surface area contributed by atoms with Gasteiger partial charge in [0.25, 0.3) is 0 Å². The first-order chi connectivity index (χ1) is 9.69. The van der Waals surface area contributed by atoms with Gasteiger partial charge in [0.15, 0.2) is 17.8 Å². The van der Waals surface area contributed by atoms with Crippen LogP contribution in [-0.4, -0.2) is 20.9 Å². The summed E-state index contributed by atoms with van der Waals surface area (Å²) in [6.07, 6.45) is 2.58. The third kappa shape index (κ3) is 2.09. The summed E-state index contributed by atoms with van der Waals surface area (Å²) in [5.74, 6) is 1.25. The number of pyridine rings is 1. The molecule has 0 aliphatic rings. The molecular formula is C16H15N3O. The van der Waals surface area contributed by atoms with Gasteiger partial charge in [0.1, 0.15) is 0 Å². The lowest BCUT2D eigenvalue weighted by atomic mass is 10.0. The molecule has 2 heterocycles. The van der Waals surface area contributed by atoms with Crippen LogP contribution < -0.4 is 0 Å². The molecule has 1 aromatic carbocycles. The van der Waals surface area contributed by atoms with Crippen molar-refractivity contribution >= 4 is 11.9 Å². The van der Waals surface area contributed by atoms with Gasteiger partial charge in [-0.25, -0.2) is 0 Å². The minimum absolute atomic E-state index is 0.501. The molecule has 20 heavy (non-hydrogen) atoms. The molecule has 4 heteroatoms. The molecule has 0 aliphatic carbocycles. The van der Waals surface area contributed by atoms with Gasteiger partial charge in [-0.3, -0.25) is 9.20 Å². The normalized spacial score (nSPS) is 11.2. The predicted octanol–water partition coefficient (Wildman–Crippen LogP) is 3.33. The smallest absolute Gasteiger partial charge is 0.168 e. The summed E-state index contributed by atoms with van der Waals surface area (Å²) in [4.78, 5) is 10.9. The number of hydrogen-bond donors (Lipinski definition) is 0. The maximum atomic E-state index is 10.9. The van der Waals surface area contributed by atoms with Gasteiger partial charge in [-0.2, -0.15) is 0 Å². The van der Waals surface area contributed by atoms with Crippen molar-refractivity contribution in [3.05, 3.63) is 53.7 Å². The van der Waals surface area contributed by atoms with Crippen molar-refractivity contribution < 1.29 is 4.79 Å². The largest absolute Gasteiger partial charge is 0.298 e. The zero-order valence-corrected chi connectivity index (χ0v) is 11.4. The van der Waals surface area contributed by atoms with Crippen molar-refractivity contribution in [2.75, 3.05) is 0 Å². The van der Waals surface area contributed by atoms with Crippen molar-refractivity contribution in [1.29, 1.82) is 0 Å². The van der Waals surface area contributed by atoms with E-state index in [1.54, 1.807) is 18.3 Å². The summed E-state index contributed by atoms with van der Waals surface area (Å²) in [7, 11) is 0. The van der Waals surface area contributed by atoms with Gasteiger partial charge in [0, 0.05) is 17.3 Å². The molecule has 0 aliphatic heterocycles. The highest BCUT2D eigenvalue weighted by molar-refractivity contribution is 5.75. The lowest BCUT2D eigenvalue weighted by Crippen LogP contribution is -1.93. The molecule has 0 radical (unpaired) electrons. The summed E-state index contributed by atoms with van der Waals surface area (Å²) in [5, 5.41) is 8.34. The number of nitrogens with zero attached hydrogens (tertiary/aromatic N) is 3. The second-order valence-electron chi connectivity index (χ2n) is 5.11. The van der Waals surface area contributed by atoms with Crippen LogP contribution in [0.3, 0.4) is 0 Å². The number of fused-ring (bicyclic) bond motifs is 1. The molecule has 0 atom stereocenters. The molecular weight excluding hydrogens is 250 g/mol. The van der Waals surface area contributed by atoms with Gasteiger partial charge in [-0.15, -0.1) is 10.2 Å². The van der Waals surface area contributed by atoms with E-state index in [2.05, 4.69) is 36.2 Å². The Morgan fingerprint density at radius 3 is 2.45 bits per heavy atom. The van der Waals surface area contributed by atoms with Crippen LogP contribution in [0, 0.1) is 0 Å². The van der Waals surface area contributed by atoms with Crippen LogP contribution in [0.4, 0.5) is 0 Å². The van der Waals surface area contributed by atoms with Crippen LogP contribution in [0.2, 0.25) is 0 Å². The number of rotatable bonds is 3. The monoisotopic (exact) mass is 265 g/mol. The molecule has 4 nitrogen and oxygen atoms in total. The Labute approximate surface area is 117 Å². The molecule has 0 spiro atoms. The van der Waals surface area contributed by atoms with Crippen LogP contribution in [0.5, 0.6) is 0 Å². The SMILES string of the molecule is CC(C)c1ccc(-c2nnc3ccc(C=O)cn23)cc1. The van der Waals surface area contributed by atoms with Crippen LogP contribution >= 0.6 is 0 Å². The van der Waals surface area contributed by atoms with Crippen molar-refractivity contribution in [2.24, 2.45) is 0 Å². The van der Waals surface area contributed by atoms with Gasteiger partial charge in [0.05, 0.1) is 0 Å². The summed E-state index contributed by atoms with van der Waals surface area (Å²) in [6.45, 7) is 4.33. The third-order valence-electron chi connectivity index (χ3n) is 3.40. The zero-order valence-electron chi connectivity index (χ0n) is 11.4. The average molecular weight is 265 g/mol. The molecule has 0 saturated heterocycles. The van der Waals surface area contributed by atoms with Crippen molar-refractivity contribution in [3.8, 4) is 11.4 Å². The van der Waals surface area contributed by atoms with Crippen molar-refractivity contribution in [2.45, 2.75) is 19.8 Å². The highest BCUT2D eigenvalue weighted by atomic mass is 16.1. The summed E-state index contributed by atoms with van der Waals surface area (Å²) in [5.41, 5.74) is 3.62. The van der Waals surface area contributed by atoms with Crippen molar-refractivity contribution in [3.63, 3.8) is 0 Å². The van der Waals surface area contributed by atoms with Gasteiger partial charge >= 0.3 is 0 Å². The van der Waals surface area contributed by atoms with E-state index < -0.39 is 0 Å². The number of aldehydes is 1. The Morgan fingerprint density at radius 2 is 1.80 bits per heavy atom. The lowest BCUT2D eigenvalue weighted by molar-refractivity contribution is 0.112. The fraction of sp³-hybridized carbons (Fsp3) is 0.188. The minimum atomic E-state index is 0.501. The fourth-order valence-electron chi connectivity index (χ4n) is 2.19. The molecule has 0 N–H and O–H groups in total. The Balaban J connectivity index is 2.11. The molecule has 100 valence electrons. The van der Waals surface area contributed by atoms with E-state index in [0.29, 0.717) is 11.5 Å². The molecule has 2 aromatic heterocycles. The Morgan fingerprint density at radius 1 is 1.05 bits per heavy atom. The van der Waals surface area contributed by atoms with E-state index in [1.807, 2.05) is 16.5 Å². The maximum absolute atomic E-state index is 10.9. The van der Waals surface area contributed by atoms with E-state index in [9.17, 15) is 4.79 Å². The molecule has 3 aromatic rings. The summed E-state index contributed by atoms with van der Waals surface area (Å²) >= 11 is 0. The van der Waals surface area contributed by atoms with Gasteiger partial charge in [-0.1, -0.05) is 38.1 Å². The summed E-state index contributed by atoms with van der Waals surface area (Å²) in [6, 6.07) is 11.8. The summed E-state index contributed by atoms with van der Waals surface area (Å²) < 4.78 is 1.84. The lowest BCUT2D eigenvalue weighted by Gasteiger charge is -2.06. The van der Waals surface area contributed by atoms with E-state index >= 15 is 0 Å². The Kier molecular flexibility index (Phi) is 3.06. The van der Waals surface area contributed by atoms with Gasteiger partial charge in [-0.05, 0) is 23.6 Å². The topological polar surface area (TPSA) is 47.3 Å². The third-order valence-corrected chi connectivity index (χ3v) is 3.40. The van der Waals surface area contributed by atoms with E-state index in [4.69, 9.17) is 0 Å². The van der Waals surface area contributed by atoms with Crippen LogP contribution in [-0.2, 0) is 0 Å². The minimum Gasteiger partial charge on any atom is -0.298 e. The first kappa shape index (κ1) is 12.5. The Bertz CT molecular complexity index is 757.